The van der Waals surface area contributed by atoms with Crippen LogP contribution in [0.15, 0.2) is 47.4 Å². The van der Waals surface area contributed by atoms with Crippen LogP contribution in [-0.4, -0.2) is 18.2 Å². The molecule has 0 aliphatic carbocycles. The fourth-order valence-corrected chi connectivity index (χ4v) is 2.85. The first-order valence-corrected chi connectivity index (χ1v) is 8.17. The molecule has 0 saturated heterocycles. The molecule has 110 valence electrons. The van der Waals surface area contributed by atoms with Crippen LogP contribution >= 0.6 is 23.4 Å². The lowest BCUT2D eigenvalue weighted by Crippen LogP contribution is -2.26. The molecule has 4 heteroatoms. The van der Waals surface area contributed by atoms with E-state index >= 15 is 0 Å². The van der Waals surface area contributed by atoms with Crippen LogP contribution in [0.1, 0.15) is 21.5 Å². The van der Waals surface area contributed by atoms with E-state index in [1.54, 1.807) is 11.8 Å². The van der Waals surface area contributed by atoms with Crippen molar-refractivity contribution in [3.05, 3.63) is 64.2 Å². The van der Waals surface area contributed by atoms with Crippen LogP contribution in [0.5, 0.6) is 0 Å². The smallest absolute Gasteiger partial charge is 0.251 e. The predicted octanol–water partition coefficient (Wildman–Crippen LogP) is 4.48. The summed E-state index contributed by atoms with van der Waals surface area (Å²) in [5.74, 6) is 0.825. The number of hydrogen-bond acceptors (Lipinski definition) is 2. The second-order valence-electron chi connectivity index (χ2n) is 4.81. The lowest BCUT2D eigenvalue weighted by molar-refractivity contribution is 0.0955. The molecule has 21 heavy (non-hydrogen) atoms. The van der Waals surface area contributed by atoms with Gasteiger partial charge in [-0.25, -0.2) is 0 Å². The van der Waals surface area contributed by atoms with Crippen LogP contribution in [0.25, 0.3) is 0 Å². The minimum atomic E-state index is -0.00657. The predicted molar refractivity (Wildman–Crippen MR) is 90.4 cm³/mol. The minimum Gasteiger partial charge on any atom is -0.351 e. The molecule has 0 atom stereocenters. The SMILES string of the molecule is Cc1cccc(C(=O)NCCSc2ccc(Cl)cc2)c1C. The normalized spacial score (nSPS) is 10.4. The maximum absolute atomic E-state index is 12.1. The summed E-state index contributed by atoms with van der Waals surface area (Å²) < 4.78 is 0. The topological polar surface area (TPSA) is 29.1 Å². The Bertz CT molecular complexity index is 625. The molecule has 0 bridgehead atoms. The third-order valence-electron chi connectivity index (χ3n) is 3.32. The van der Waals surface area contributed by atoms with E-state index in [4.69, 9.17) is 11.6 Å². The molecular formula is C17H18ClNOS. The van der Waals surface area contributed by atoms with Crippen molar-refractivity contribution in [3.63, 3.8) is 0 Å². The van der Waals surface area contributed by atoms with E-state index in [0.29, 0.717) is 6.54 Å². The van der Waals surface area contributed by atoms with Crippen LogP contribution < -0.4 is 5.32 Å². The Kier molecular flexibility index (Phi) is 5.71. The Morgan fingerprint density at radius 3 is 2.57 bits per heavy atom. The number of aryl methyl sites for hydroxylation is 1. The Hall–Kier alpha value is -1.45. The van der Waals surface area contributed by atoms with Gasteiger partial charge in [-0.3, -0.25) is 4.79 Å². The zero-order valence-corrected chi connectivity index (χ0v) is 13.7. The number of rotatable bonds is 5. The van der Waals surface area contributed by atoms with Gasteiger partial charge in [0.1, 0.15) is 0 Å². The van der Waals surface area contributed by atoms with Crippen LogP contribution in [0, 0.1) is 13.8 Å². The number of amides is 1. The highest BCUT2D eigenvalue weighted by molar-refractivity contribution is 7.99. The Morgan fingerprint density at radius 2 is 1.86 bits per heavy atom. The van der Waals surface area contributed by atoms with Crippen LogP contribution in [0.2, 0.25) is 5.02 Å². The van der Waals surface area contributed by atoms with Crippen molar-refractivity contribution >= 4 is 29.3 Å². The molecular weight excluding hydrogens is 302 g/mol. The van der Waals surface area contributed by atoms with Gasteiger partial charge >= 0.3 is 0 Å². The first kappa shape index (κ1) is 15.9. The summed E-state index contributed by atoms with van der Waals surface area (Å²) in [7, 11) is 0. The van der Waals surface area contributed by atoms with E-state index in [-0.39, 0.29) is 5.91 Å². The van der Waals surface area contributed by atoms with Crippen LogP contribution in [0.3, 0.4) is 0 Å². The third-order valence-corrected chi connectivity index (χ3v) is 4.58. The number of thioether (sulfide) groups is 1. The van der Waals surface area contributed by atoms with Crippen molar-refractivity contribution in [2.75, 3.05) is 12.3 Å². The van der Waals surface area contributed by atoms with Gasteiger partial charge in [0.05, 0.1) is 0 Å². The summed E-state index contributed by atoms with van der Waals surface area (Å²) in [5, 5.41) is 3.70. The molecule has 2 aromatic carbocycles. The molecule has 0 aliphatic heterocycles. The molecule has 0 radical (unpaired) electrons. The number of nitrogens with one attached hydrogen (secondary N) is 1. The van der Waals surface area contributed by atoms with Gasteiger partial charge < -0.3 is 5.32 Å². The monoisotopic (exact) mass is 319 g/mol. The second-order valence-corrected chi connectivity index (χ2v) is 6.41. The lowest BCUT2D eigenvalue weighted by Gasteiger charge is -2.09. The molecule has 0 aliphatic rings. The molecule has 0 unspecified atom stereocenters. The standard InChI is InChI=1S/C17H18ClNOS/c1-12-4-3-5-16(13(12)2)17(20)19-10-11-21-15-8-6-14(18)7-9-15/h3-9H,10-11H2,1-2H3,(H,19,20). The third kappa shape index (κ3) is 4.51. The van der Waals surface area contributed by atoms with Gasteiger partial charge in [-0.2, -0.15) is 0 Å². The number of benzene rings is 2. The maximum atomic E-state index is 12.1. The molecule has 0 spiro atoms. The fourth-order valence-electron chi connectivity index (χ4n) is 1.96. The maximum Gasteiger partial charge on any atom is 0.251 e. The first-order valence-electron chi connectivity index (χ1n) is 6.80. The number of carbonyl (C=O) groups is 1. The molecule has 1 N–H and O–H groups in total. The van der Waals surface area contributed by atoms with E-state index in [1.807, 2.05) is 56.3 Å². The highest BCUT2D eigenvalue weighted by Gasteiger charge is 2.09. The van der Waals surface area contributed by atoms with E-state index in [1.165, 1.54) is 0 Å². The average Bonchev–Trinajstić information content (AvgIpc) is 2.48. The number of carbonyl (C=O) groups excluding carboxylic acids is 1. The van der Waals surface area contributed by atoms with E-state index in [0.717, 1.165) is 32.4 Å². The van der Waals surface area contributed by atoms with Crippen molar-refractivity contribution in [2.45, 2.75) is 18.7 Å². The Morgan fingerprint density at radius 1 is 1.14 bits per heavy atom. The number of halogens is 1. The molecule has 2 rings (SSSR count). The Labute approximate surface area is 134 Å². The first-order chi connectivity index (χ1) is 10.1. The van der Waals surface area contributed by atoms with Gasteiger partial charge in [-0.15, -0.1) is 11.8 Å². The molecule has 0 saturated carbocycles. The van der Waals surface area contributed by atoms with Crippen molar-refractivity contribution in [3.8, 4) is 0 Å². The van der Waals surface area contributed by atoms with Gasteiger partial charge in [0.15, 0.2) is 0 Å². The lowest BCUT2D eigenvalue weighted by atomic mass is 10.0. The van der Waals surface area contributed by atoms with Crippen LogP contribution in [0.4, 0.5) is 0 Å². The van der Waals surface area contributed by atoms with Gasteiger partial charge in [0, 0.05) is 27.8 Å². The summed E-state index contributed by atoms with van der Waals surface area (Å²) in [6, 6.07) is 13.5. The summed E-state index contributed by atoms with van der Waals surface area (Å²) >= 11 is 7.54. The highest BCUT2D eigenvalue weighted by Crippen LogP contribution is 2.19. The largest absolute Gasteiger partial charge is 0.351 e. The average molecular weight is 320 g/mol. The highest BCUT2D eigenvalue weighted by atomic mass is 35.5. The molecule has 2 nitrogen and oxygen atoms in total. The molecule has 0 fully saturated rings. The Balaban J connectivity index is 1.82. The second kappa shape index (κ2) is 7.53. The molecule has 0 heterocycles. The zero-order valence-electron chi connectivity index (χ0n) is 12.2. The quantitative estimate of drug-likeness (QED) is 0.650. The van der Waals surface area contributed by atoms with Crippen LogP contribution in [-0.2, 0) is 0 Å². The summed E-state index contributed by atoms with van der Waals surface area (Å²) in [5.41, 5.74) is 2.94. The molecule has 0 aromatic heterocycles. The summed E-state index contributed by atoms with van der Waals surface area (Å²) in [6.45, 7) is 4.63. The fraction of sp³-hybridized carbons (Fsp3) is 0.235. The minimum absolute atomic E-state index is 0.00657. The van der Waals surface area contributed by atoms with Crippen molar-refractivity contribution in [1.82, 2.24) is 5.32 Å². The van der Waals surface area contributed by atoms with Gasteiger partial charge in [-0.1, -0.05) is 23.7 Å². The number of hydrogen-bond donors (Lipinski definition) is 1. The molecule has 1 amide bonds. The zero-order chi connectivity index (χ0) is 15.2. The van der Waals surface area contributed by atoms with Gasteiger partial charge in [-0.05, 0) is 55.3 Å². The summed E-state index contributed by atoms with van der Waals surface area (Å²) in [4.78, 5) is 13.3. The van der Waals surface area contributed by atoms with Crippen molar-refractivity contribution in [2.24, 2.45) is 0 Å². The van der Waals surface area contributed by atoms with E-state index in [2.05, 4.69) is 5.32 Å². The van der Waals surface area contributed by atoms with Crippen molar-refractivity contribution < 1.29 is 4.79 Å². The van der Waals surface area contributed by atoms with E-state index < -0.39 is 0 Å². The molecule has 2 aromatic rings. The van der Waals surface area contributed by atoms with Gasteiger partial charge in [0.2, 0.25) is 0 Å². The van der Waals surface area contributed by atoms with Crippen molar-refractivity contribution in [1.29, 1.82) is 0 Å². The van der Waals surface area contributed by atoms with E-state index in [9.17, 15) is 4.79 Å². The summed E-state index contributed by atoms with van der Waals surface area (Å²) in [6.07, 6.45) is 0. The van der Waals surface area contributed by atoms with Gasteiger partial charge in [0.25, 0.3) is 5.91 Å².